The molecule has 0 unspecified atom stereocenters. The quantitative estimate of drug-likeness (QED) is 0.751. The zero-order chi connectivity index (χ0) is 20.2. The fourth-order valence-electron chi connectivity index (χ4n) is 2.35. The Hall–Kier alpha value is -3.15. The SMILES string of the molecule is Cc1ccc(NC(=O)c2ccc(CNC(=O)C(C)(C)C)cc2)cc1C(=O)O. The molecule has 0 aliphatic heterocycles. The summed E-state index contributed by atoms with van der Waals surface area (Å²) in [5.74, 6) is -1.41. The molecule has 0 fully saturated rings. The molecule has 0 spiro atoms. The molecule has 0 radical (unpaired) electrons. The third-order valence-electron chi connectivity index (χ3n) is 4.08. The van der Waals surface area contributed by atoms with Crippen LogP contribution in [0.4, 0.5) is 5.69 Å². The summed E-state index contributed by atoms with van der Waals surface area (Å²) in [4.78, 5) is 35.5. The van der Waals surface area contributed by atoms with Gasteiger partial charge in [-0.15, -0.1) is 0 Å². The second kappa shape index (κ2) is 8.03. The maximum atomic E-state index is 12.4. The van der Waals surface area contributed by atoms with Crippen LogP contribution in [0.25, 0.3) is 0 Å². The van der Waals surface area contributed by atoms with Crippen molar-refractivity contribution in [3.05, 3.63) is 64.7 Å². The lowest BCUT2D eigenvalue weighted by molar-refractivity contribution is -0.128. The third-order valence-corrected chi connectivity index (χ3v) is 4.08. The monoisotopic (exact) mass is 368 g/mol. The van der Waals surface area contributed by atoms with E-state index in [0.717, 1.165) is 5.56 Å². The van der Waals surface area contributed by atoms with E-state index in [0.29, 0.717) is 23.4 Å². The highest BCUT2D eigenvalue weighted by Crippen LogP contribution is 2.17. The molecule has 0 bridgehead atoms. The standard InChI is InChI=1S/C21H24N2O4/c1-13-5-10-16(11-17(13)19(25)26)23-18(24)15-8-6-14(7-9-15)12-22-20(27)21(2,3)4/h5-11H,12H2,1-4H3,(H,22,27)(H,23,24)(H,25,26). The number of carbonyl (C=O) groups excluding carboxylic acids is 2. The molecule has 2 amide bonds. The van der Waals surface area contributed by atoms with Crippen LogP contribution in [0.3, 0.4) is 0 Å². The molecule has 2 rings (SSSR count). The van der Waals surface area contributed by atoms with Gasteiger partial charge < -0.3 is 15.7 Å². The number of hydrogen-bond acceptors (Lipinski definition) is 3. The second-order valence-electron chi connectivity index (χ2n) is 7.42. The Morgan fingerprint density at radius 1 is 1.00 bits per heavy atom. The number of carboxylic acid groups (broad SMARTS) is 1. The smallest absolute Gasteiger partial charge is 0.336 e. The molecule has 6 heteroatoms. The van der Waals surface area contributed by atoms with Crippen LogP contribution < -0.4 is 10.6 Å². The minimum absolute atomic E-state index is 0.0436. The number of carboxylic acids is 1. The molecule has 0 aliphatic rings. The molecule has 0 saturated heterocycles. The van der Waals surface area contributed by atoms with Gasteiger partial charge in [0.15, 0.2) is 0 Å². The minimum Gasteiger partial charge on any atom is -0.478 e. The Kier molecular flexibility index (Phi) is 6.00. The van der Waals surface area contributed by atoms with E-state index in [1.54, 1.807) is 43.3 Å². The highest BCUT2D eigenvalue weighted by molar-refractivity contribution is 6.05. The number of benzene rings is 2. The maximum Gasteiger partial charge on any atom is 0.336 e. The van der Waals surface area contributed by atoms with E-state index < -0.39 is 11.4 Å². The van der Waals surface area contributed by atoms with Gasteiger partial charge in [0, 0.05) is 23.2 Å². The molecule has 0 aliphatic carbocycles. The number of aryl methyl sites for hydroxylation is 1. The Bertz CT molecular complexity index is 865. The van der Waals surface area contributed by atoms with Gasteiger partial charge in [-0.05, 0) is 42.3 Å². The van der Waals surface area contributed by atoms with Crippen LogP contribution in [0.5, 0.6) is 0 Å². The van der Waals surface area contributed by atoms with Crippen molar-refractivity contribution >= 4 is 23.5 Å². The van der Waals surface area contributed by atoms with E-state index in [1.807, 2.05) is 20.8 Å². The van der Waals surface area contributed by atoms with Crippen molar-refractivity contribution < 1.29 is 19.5 Å². The molecule has 6 nitrogen and oxygen atoms in total. The summed E-state index contributed by atoms with van der Waals surface area (Å²) >= 11 is 0. The predicted octanol–water partition coefficient (Wildman–Crippen LogP) is 3.61. The molecule has 142 valence electrons. The number of nitrogens with one attached hydrogen (secondary N) is 2. The molecule has 27 heavy (non-hydrogen) atoms. The fraction of sp³-hybridized carbons (Fsp3) is 0.286. The summed E-state index contributed by atoms with van der Waals surface area (Å²) in [5, 5.41) is 14.7. The average Bonchev–Trinajstić information content (AvgIpc) is 2.60. The normalized spacial score (nSPS) is 11.0. The molecule has 2 aromatic carbocycles. The summed E-state index contributed by atoms with van der Waals surface area (Å²) < 4.78 is 0. The van der Waals surface area contributed by atoms with Crippen LogP contribution in [0.15, 0.2) is 42.5 Å². The zero-order valence-corrected chi connectivity index (χ0v) is 15.9. The van der Waals surface area contributed by atoms with Crippen LogP contribution >= 0.6 is 0 Å². The van der Waals surface area contributed by atoms with E-state index in [-0.39, 0.29) is 17.4 Å². The van der Waals surface area contributed by atoms with Crippen molar-refractivity contribution in [2.45, 2.75) is 34.2 Å². The molecule has 0 atom stereocenters. The van der Waals surface area contributed by atoms with Crippen molar-refractivity contribution in [1.82, 2.24) is 5.32 Å². The molecule has 3 N–H and O–H groups in total. The first-order valence-corrected chi connectivity index (χ1v) is 8.60. The van der Waals surface area contributed by atoms with Crippen molar-refractivity contribution in [2.75, 3.05) is 5.32 Å². The number of hydrogen-bond donors (Lipinski definition) is 3. The average molecular weight is 368 g/mol. The lowest BCUT2D eigenvalue weighted by Crippen LogP contribution is -2.34. The van der Waals surface area contributed by atoms with Gasteiger partial charge in [-0.25, -0.2) is 4.79 Å². The second-order valence-corrected chi connectivity index (χ2v) is 7.42. The summed E-state index contributed by atoms with van der Waals surface area (Å²) in [7, 11) is 0. The number of amides is 2. The molecular formula is C21H24N2O4. The van der Waals surface area contributed by atoms with Gasteiger partial charge in [-0.3, -0.25) is 9.59 Å². The third kappa shape index (κ3) is 5.41. The molecule has 0 heterocycles. The molecule has 0 aromatic heterocycles. The summed E-state index contributed by atoms with van der Waals surface area (Å²) in [6, 6.07) is 11.6. The molecular weight excluding hydrogens is 344 g/mol. The van der Waals surface area contributed by atoms with Gasteiger partial charge in [0.05, 0.1) is 5.56 Å². The van der Waals surface area contributed by atoms with Gasteiger partial charge in [0.25, 0.3) is 5.91 Å². The predicted molar refractivity (Wildman–Crippen MR) is 104 cm³/mol. The van der Waals surface area contributed by atoms with Crippen molar-refractivity contribution in [3.63, 3.8) is 0 Å². The van der Waals surface area contributed by atoms with Crippen LogP contribution in [0.1, 0.15) is 52.6 Å². The first-order chi connectivity index (χ1) is 12.6. The van der Waals surface area contributed by atoms with Gasteiger partial charge in [0.2, 0.25) is 5.91 Å². The van der Waals surface area contributed by atoms with E-state index in [4.69, 9.17) is 5.11 Å². The lowest BCUT2D eigenvalue weighted by atomic mass is 9.95. The zero-order valence-electron chi connectivity index (χ0n) is 15.9. The number of aromatic carboxylic acids is 1. The molecule has 0 saturated carbocycles. The van der Waals surface area contributed by atoms with Gasteiger partial charge in [0.1, 0.15) is 0 Å². The Morgan fingerprint density at radius 3 is 2.19 bits per heavy atom. The summed E-state index contributed by atoms with van der Waals surface area (Å²) in [6.45, 7) is 7.62. The fourth-order valence-corrected chi connectivity index (χ4v) is 2.35. The number of rotatable bonds is 5. The van der Waals surface area contributed by atoms with E-state index in [2.05, 4.69) is 10.6 Å². The van der Waals surface area contributed by atoms with E-state index in [9.17, 15) is 14.4 Å². The largest absolute Gasteiger partial charge is 0.478 e. The number of carbonyl (C=O) groups is 3. The van der Waals surface area contributed by atoms with Crippen molar-refractivity contribution in [3.8, 4) is 0 Å². The minimum atomic E-state index is -1.04. The topological polar surface area (TPSA) is 95.5 Å². The van der Waals surface area contributed by atoms with Crippen molar-refractivity contribution in [2.24, 2.45) is 5.41 Å². The first-order valence-electron chi connectivity index (χ1n) is 8.60. The highest BCUT2D eigenvalue weighted by Gasteiger charge is 2.20. The first kappa shape index (κ1) is 20.2. The Balaban J connectivity index is 2.03. The van der Waals surface area contributed by atoms with Crippen LogP contribution in [-0.4, -0.2) is 22.9 Å². The molecule has 2 aromatic rings. The maximum absolute atomic E-state index is 12.4. The summed E-state index contributed by atoms with van der Waals surface area (Å²) in [6.07, 6.45) is 0. The van der Waals surface area contributed by atoms with E-state index in [1.165, 1.54) is 6.07 Å². The Labute approximate surface area is 158 Å². The van der Waals surface area contributed by atoms with Gasteiger partial charge in [-0.2, -0.15) is 0 Å². The Morgan fingerprint density at radius 2 is 1.63 bits per heavy atom. The van der Waals surface area contributed by atoms with Crippen molar-refractivity contribution in [1.29, 1.82) is 0 Å². The number of anilines is 1. The summed E-state index contributed by atoms with van der Waals surface area (Å²) in [5.41, 5.74) is 2.07. The van der Waals surface area contributed by atoms with Crippen LogP contribution in [0.2, 0.25) is 0 Å². The van der Waals surface area contributed by atoms with E-state index >= 15 is 0 Å². The van der Waals surface area contributed by atoms with Gasteiger partial charge >= 0.3 is 5.97 Å². The lowest BCUT2D eigenvalue weighted by Gasteiger charge is -2.17. The van der Waals surface area contributed by atoms with Crippen LogP contribution in [-0.2, 0) is 11.3 Å². The van der Waals surface area contributed by atoms with Crippen LogP contribution in [0, 0.1) is 12.3 Å². The van der Waals surface area contributed by atoms with Gasteiger partial charge in [-0.1, -0.05) is 39.0 Å². The highest BCUT2D eigenvalue weighted by atomic mass is 16.4.